The summed E-state index contributed by atoms with van der Waals surface area (Å²) in [7, 11) is 0. The Labute approximate surface area is 212 Å². The normalized spacial score (nSPS) is 13.5. The Morgan fingerprint density at radius 1 is 0.811 bits per heavy atom. The molecule has 1 rings (SSSR count). The molecule has 2 unspecified atom stereocenters. The number of carboxylic acid groups (broad SMARTS) is 2. The van der Waals surface area contributed by atoms with Gasteiger partial charge in [-0.05, 0) is 48.4 Å². The van der Waals surface area contributed by atoms with Crippen LogP contribution in [-0.4, -0.2) is 66.7 Å². The molecule has 0 aliphatic carbocycles. The molecular weight excluding hydrogens is 492 g/mol. The molecule has 1 aromatic rings. The Balaban J connectivity index is 0.00000631. The lowest BCUT2D eigenvalue weighted by molar-refractivity contribution is -0.183. The van der Waals surface area contributed by atoms with Crippen LogP contribution in [0.5, 0.6) is 11.5 Å². The van der Waals surface area contributed by atoms with E-state index >= 15 is 0 Å². The minimum Gasteiger partial charge on any atom is -0.504 e. The van der Waals surface area contributed by atoms with Gasteiger partial charge in [-0.25, -0.2) is 19.2 Å². The first-order valence-electron chi connectivity index (χ1n) is 10.5. The molecule has 0 saturated carbocycles. The molecule has 0 aliphatic rings. The minimum absolute atomic E-state index is 0.214. The lowest BCUT2D eigenvalue weighted by atomic mass is 10.2. The summed E-state index contributed by atoms with van der Waals surface area (Å²) in [4.78, 5) is 47.0. The first-order chi connectivity index (χ1) is 17.3. The van der Waals surface area contributed by atoms with Crippen LogP contribution in [0.2, 0.25) is 0 Å². The summed E-state index contributed by atoms with van der Waals surface area (Å²) >= 11 is 0. The number of aliphatic hydroxyl groups excluding tert-OH is 2. The molecule has 0 radical (unpaired) electrons. The van der Waals surface area contributed by atoms with Crippen LogP contribution in [0.4, 0.5) is 0 Å². The maximum atomic E-state index is 12.0. The molecule has 37 heavy (non-hydrogen) atoms. The van der Waals surface area contributed by atoms with E-state index in [0.29, 0.717) is 0 Å². The van der Waals surface area contributed by atoms with Crippen LogP contribution in [-0.2, 0) is 28.7 Å². The van der Waals surface area contributed by atoms with Crippen LogP contribution >= 0.6 is 0 Å². The summed E-state index contributed by atoms with van der Waals surface area (Å²) < 4.78 is 9.24. The summed E-state index contributed by atoms with van der Waals surface area (Å²) in [6.45, 7) is 8.65. The van der Waals surface area contributed by atoms with Gasteiger partial charge in [0.15, 0.2) is 23.0 Å². The van der Waals surface area contributed by atoms with Crippen LogP contribution in [0.15, 0.2) is 72.2 Å². The number of hydrogen-bond acceptors (Lipinski definition) is 10. The molecule has 12 nitrogen and oxygen atoms in total. The second-order valence-corrected chi connectivity index (χ2v) is 6.67. The van der Waals surface area contributed by atoms with Crippen molar-refractivity contribution in [1.29, 1.82) is 0 Å². The fourth-order valence-corrected chi connectivity index (χ4v) is 2.26. The van der Waals surface area contributed by atoms with E-state index in [1.54, 1.807) is 0 Å². The fourth-order valence-electron chi connectivity index (χ4n) is 2.26. The number of carbonyl (C=O) groups excluding carboxylic acids is 2. The number of aliphatic hydroxyl groups is 2. The van der Waals surface area contributed by atoms with Gasteiger partial charge in [0.1, 0.15) is 0 Å². The SMILES string of the molecule is C=C\C(O)=C(O)/C=C(C)/C=C/C(=O)OC(C(=O)O)C(OC(=O)/C=C/c1ccc(O)c(O)c1)C(=O)O.CC. The third-order valence-electron chi connectivity index (χ3n) is 3.96. The van der Waals surface area contributed by atoms with E-state index in [0.717, 1.165) is 48.6 Å². The molecule has 0 saturated heterocycles. The van der Waals surface area contributed by atoms with E-state index in [1.165, 1.54) is 13.0 Å². The Bertz CT molecular complexity index is 1120. The quantitative estimate of drug-likeness (QED) is 0.0817. The third kappa shape index (κ3) is 11.3. The van der Waals surface area contributed by atoms with Crippen molar-refractivity contribution in [1.82, 2.24) is 0 Å². The van der Waals surface area contributed by atoms with Crippen molar-refractivity contribution in [3.8, 4) is 11.5 Å². The summed E-state index contributed by atoms with van der Waals surface area (Å²) in [6, 6.07) is 3.53. The minimum atomic E-state index is -2.41. The lowest BCUT2D eigenvalue weighted by Crippen LogP contribution is -2.45. The van der Waals surface area contributed by atoms with Gasteiger partial charge in [-0.15, -0.1) is 0 Å². The van der Waals surface area contributed by atoms with E-state index in [-0.39, 0.29) is 11.1 Å². The topological polar surface area (TPSA) is 208 Å². The molecule has 0 heterocycles. The number of ether oxygens (including phenoxy) is 2. The van der Waals surface area contributed by atoms with Gasteiger partial charge in [0.05, 0.1) is 0 Å². The first kappa shape index (κ1) is 32.0. The van der Waals surface area contributed by atoms with Gasteiger partial charge in [0.25, 0.3) is 0 Å². The van der Waals surface area contributed by atoms with Crippen molar-refractivity contribution in [3.05, 3.63) is 77.8 Å². The fraction of sp³-hybridized carbons (Fsp3) is 0.200. The molecule has 0 fully saturated rings. The van der Waals surface area contributed by atoms with E-state index in [1.807, 2.05) is 13.8 Å². The predicted octanol–water partition coefficient (Wildman–Crippen LogP) is 3.15. The summed E-state index contributed by atoms with van der Waals surface area (Å²) in [5.41, 5.74) is 0.438. The Morgan fingerprint density at radius 2 is 1.32 bits per heavy atom. The smallest absolute Gasteiger partial charge is 0.349 e. The standard InChI is InChI=1S/C23H22O12.C2H6/c1-3-14(24)16(26)10-12(2)4-8-18(28)34-20(22(30)31)21(23(32)33)35-19(29)9-6-13-5-7-15(25)17(27)11-13;1-2/h3-11,20-21,24-27H,1H2,2H3,(H,30,31)(H,32,33);1-2H3/b8-4+,9-6+,12-10+,16-14-;. The highest BCUT2D eigenvalue weighted by atomic mass is 16.6. The number of benzene rings is 1. The third-order valence-corrected chi connectivity index (χ3v) is 3.96. The molecule has 0 amide bonds. The van der Waals surface area contributed by atoms with Gasteiger partial charge in [-0.1, -0.05) is 32.6 Å². The van der Waals surface area contributed by atoms with Gasteiger partial charge in [-0.2, -0.15) is 0 Å². The molecular formula is C25H28O12. The number of phenols is 2. The average molecular weight is 520 g/mol. The summed E-state index contributed by atoms with van der Waals surface area (Å²) in [5.74, 6) is -8.42. The van der Waals surface area contributed by atoms with Gasteiger partial charge in [-0.3, -0.25) is 0 Å². The molecule has 2 atom stereocenters. The van der Waals surface area contributed by atoms with Crippen molar-refractivity contribution < 1.29 is 59.3 Å². The van der Waals surface area contributed by atoms with Crippen LogP contribution < -0.4 is 0 Å². The number of hydrogen-bond donors (Lipinski definition) is 6. The van der Waals surface area contributed by atoms with Crippen molar-refractivity contribution in [2.75, 3.05) is 0 Å². The molecule has 0 bridgehead atoms. The van der Waals surface area contributed by atoms with E-state index in [2.05, 4.69) is 16.1 Å². The predicted molar refractivity (Wildman–Crippen MR) is 131 cm³/mol. The lowest BCUT2D eigenvalue weighted by Gasteiger charge is -2.19. The zero-order valence-electron chi connectivity index (χ0n) is 20.2. The zero-order chi connectivity index (χ0) is 28.7. The highest BCUT2D eigenvalue weighted by molar-refractivity contribution is 5.92. The number of esters is 2. The van der Waals surface area contributed by atoms with E-state index < -0.39 is 59.1 Å². The molecule has 6 N–H and O–H groups in total. The average Bonchev–Trinajstić information content (AvgIpc) is 2.85. The second-order valence-electron chi connectivity index (χ2n) is 6.67. The molecule has 12 heteroatoms. The van der Waals surface area contributed by atoms with E-state index in [4.69, 9.17) is 0 Å². The van der Waals surface area contributed by atoms with Crippen LogP contribution in [0.1, 0.15) is 26.3 Å². The van der Waals surface area contributed by atoms with Gasteiger partial charge >= 0.3 is 23.9 Å². The number of carbonyl (C=O) groups is 4. The van der Waals surface area contributed by atoms with Crippen molar-refractivity contribution in [2.24, 2.45) is 0 Å². The molecule has 0 aliphatic heterocycles. The molecule has 0 spiro atoms. The second kappa shape index (κ2) is 15.8. The number of phenolic OH excluding ortho intramolecular Hbond substituents is 2. The van der Waals surface area contributed by atoms with Crippen LogP contribution in [0.25, 0.3) is 6.08 Å². The molecule has 0 aromatic heterocycles. The van der Waals surface area contributed by atoms with Gasteiger partial charge in [0.2, 0.25) is 12.2 Å². The van der Waals surface area contributed by atoms with Gasteiger partial charge in [0, 0.05) is 12.2 Å². The Hall–Kier alpha value is -5.00. The van der Waals surface area contributed by atoms with E-state index in [9.17, 15) is 49.8 Å². The maximum absolute atomic E-state index is 12.0. The van der Waals surface area contributed by atoms with Crippen molar-refractivity contribution in [2.45, 2.75) is 33.0 Å². The monoisotopic (exact) mass is 520 g/mol. The van der Waals surface area contributed by atoms with Crippen LogP contribution in [0.3, 0.4) is 0 Å². The largest absolute Gasteiger partial charge is 0.504 e. The van der Waals surface area contributed by atoms with Crippen LogP contribution in [0, 0.1) is 0 Å². The Morgan fingerprint density at radius 3 is 1.78 bits per heavy atom. The molecule has 1 aromatic carbocycles. The highest BCUT2D eigenvalue weighted by Gasteiger charge is 2.40. The molecule has 200 valence electrons. The van der Waals surface area contributed by atoms with Crippen molar-refractivity contribution >= 4 is 30.0 Å². The zero-order valence-corrected chi connectivity index (χ0v) is 20.2. The highest BCUT2D eigenvalue weighted by Crippen LogP contribution is 2.25. The number of aliphatic carboxylic acids is 2. The number of allylic oxidation sites excluding steroid dienone is 4. The maximum Gasteiger partial charge on any atom is 0.349 e. The Kier molecular flexibility index (Phi) is 13.7. The first-order valence-corrected chi connectivity index (χ1v) is 10.5. The summed E-state index contributed by atoms with van der Waals surface area (Å²) in [5, 5.41) is 56.1. The number of aromatic hydroxyl groups is 2. The van der Waals surface area contributed by atoms with Crippen molar-refractivity contribution in [3.63, 3.8) is 0 Å². The number of rotatable bonds is 11. The van der Waals surface area contributed by atoms with Gasteiger partial charge < -0.3 is 40.1 Å². The summed E-state index contributed by atoms with van der Waals surface area (Å²) in [6.07, 6.45) is 0.806. The number of carboxylic acids is 2.